The topological polar surface area (TPSA) is 45.8 Å². The van der Waals surface area contributed by atoms with E-state index in [1.54, 1.807) is 0 Å². The van der Waals surface area contributed by atoms with Crippen molar-refractivity contribution in [1.29, 1.82) is 0 Å². The first-order valence-corrected chi connectivity index (χ1v) is 3.07. The van der Waals surface area contributed by atoms with E-state index >= 15 is 0 Å². The van der Waals surface area contributed by atoms with Gasteiger partial charge in [0.1, 0.15) is 5.82 Å². The predicted octanol–water partition coefficient (Wildman–Crippen LogP) is 0.648. The molecule has 0 fully saturated rings. The summed E-state index contributed by atoms with van der Waals surface area (Å²) in [5.74, 6) is -0.544. The molecule has 0 aliphatic rings. The largest absolute Gasteiger partial charge is 0.307 e. The van der Waals surface area contributed by atoms with Crippen molar-refractivity contribution in [2.75, 3.05) is 0 Å². The van der Waals surface area contributed by atoms with Crippen molar-refractivity contribution < 1.29 is 4.39 Å². The summed E-state index contributed by atoms with van der Waals surface area (Å²) < 4.78 is 12.2. The van der Waals surface area contributed by atoms with Crippen LogP contribution in [0.25, 0.3) is 0 Å². The monoisotopic (exact) mass is 162 g/mol. The summed E-state index contributed by atoms with van der Waals surface area (Å²) in [5.41, 5.74) is -0.786. The fourth-order valence-electron chi connectivity index (χ4n) is 0.484. The number of rotatable bonds is 1. The predicted molar refractivity (Wildman–Crippen MR) is 34.4 cm³/mol. The Morgan fingerprint density at radius 3 is 3.00 bits per heavy atom. The Kier molecular flexibility index (Phi) is 2.01. The quantitative estimate of drug-likeness (QED) is 0.617. The zero-order chi connectivity index (χ0) is 7.56. The first kappa shape index (κ1) is 7.21. The Bertz CT molecular complexity index is 285. The first-order valence-electron chi connectivity index (χ1n) is 2.53. The van der Waals surface area contributed by atoms with E-state index < -0.39 is 11.4 Å². The van der Waals surface area contributed by atoms with Crippen LogP contribution >= 0.6 is 11.6 Å². The van der Waals surface area contributed by atoms with Gasteiger partial charge in [0, 0.05) is 0 Å². The lowest BCUT2D eigenvalue weighted by molar-refractivity contribution is 0.596. The smallest absolute Gasteiger partial charge is 0.286 e. The molecule has 1 aromatic heterocycles. The van der Waals surface area contributed by atoms with Crippen molar-refractivity contribution in [2.45, 2.75) is 5.88 Å². The molecule has 54 valence electrons. The Morgan fingerprint density at radius 2 is 2.50 bits per heavy atom. The van der Waals surface area contributed by atoms with E-state index in [9.17, 15) is 9.18 Å². The van der Waals surface area contributed by atoms with Gasteiger partial charge in [0.25, 0.3) is 5.56 Å². The van der Waals surface area contributed by atoms with Crippen LogP contribution in [-0.2, 0) is 5.88 Å². The molecule has 0 atom stereocenters. The first-order chi connectivity index (χ1) is 4.74. The van der Waals surface area contributed by atoms with Gasteiger partial charge >= 0.3 is 0 Å². The van der Waals surface area contributed by atoms with Gasteiger partial charge < -0.3 is 4.98 Å². The van der Waals surface area contributed by atoms with E-state index in [0.29, 0.717) is 0 Å². The lowest BCUT2D eigenvalue weighted by atomic mass is 10.6. The number of halogens is 2. The number of aromatic nitrogens is 2. The van der Waals surface area contributed by atoms with Gasteiger partial charge in [-0.3, -0.25) is 4.79 Å². The van der Waals surface area contributed by atoms with Gasteiger partial charge in [-0.25, -0.2) is 4.98 Å². The maximum absolute atomic E-state index is 12.2. The molecule has 1 aromatic rings. The molecule has 1 N–H and O–H groups in total. The zero-order valence-electron chi connectivity index (χ0n) is 4.90. The Labute approximate surface area is 60.9 Å². The molecular formula is C5H4ClFN2O. The summed E-state index contributed by atoms with van der Waals surface area (Å²) in [7, 11) is 0. The fourth-order valence-corrected chi connectivity index (χ4v) is 0.620. The van der Waals surface area contributed by atoms with Gasteiger partial charge in [-0.1, -0.05) is 0 Å². The number of alkyl halides is 1. The summed E-state index contributed by atoms with van der Waals surface area (Å²) in [6.45, 7) is 0. The van der Waals surface area contributed by atoms with E-state index in [2.05, 4.69) is 9.97 Å². The fraction of sp³-hybridized carbons (Fsp3) is 0.200. The average molecular weight is 163 g/mol. The molecule has 0 radical (unpaired) electrons. The highest BCUT2D eigenvalue weighted by atomic mass is 35.5. The Balaban J connectivity index is 3.17. The molecule has 0 saturated heterocycles. The molecule has 1 heterocycles. The Hall–Kier alpha value is -0.900. The molecule has 5 heteroatoms. The second-order valence-corrected chi connectivity index (χ2v) is 1.91. The summed E-state index contributed by atoms with van der Waals surface area (Å²) >= 11 is 5.30. The second-order valence-electron chi connectivity index (χ2n) is 1.64. The summed E-state index contributed by atoms with van der Waals surface area (Å²) in [6.07, 6.45) is 0.844. The molecule has 0 spiro atoms. The van der Waals surface area contributed by atoms with Gasteiger partial charge in [0.15, 0.2) is 0 Å². The third-order valence-electron chi connectivity index (χ3n) is 0.935. The van der Waals surface area contributed by atoms with Gasteiger partial charge in [0.05, 0.1) is 12.1 Å². The maximum atomic E-state index is 12.2. The third kappa shape index (κ3) is 1.33. The molecule has 0 amide bonds. The third-order valence-corrected chi connectivity index (χ3v) is 1.19. The second kappa shape index (κ2) is 2.79. The standard InChI is InChI=1S/C5H4ClFN2O/c6-1-4-8-2-3(7)5(10)9-4/h2H,1H2,(H,8,9,10). The van der Waals surface area contributed by atoms with Gasteiger partial charge in [-0.05, 0) is 0 Å². The molecule has 1 rings (SSSR count). The number of hydrogen-bond donors (Lipinski definition) is 1. The van der Waals surface area contributed by atoms with Gasteiger partial charge in [0.2, 0.25) is 5.82 Å². The number of hydrogen-bond acceptors (Lipinski definition) is 2. The summed E-state index contributed by atoms with van der Waals surface area (Å²) in [6, 6.07) is 0. The van der Waals surface area contributed by atoms with Crippen LogP contribution < -0.4 is 5.56 Å². The number of H-pyrrole nitrogens is 1. The zero-order valence-corrected chi connectivity index (χ0v) is 5.65. The van der Waals surface area contributed by atoms with Crippen LogP contribution in [0, 0.1) is 5.82 Å². The molecule has 10 heavy (non-hydrogen) atoms. The molecular weight excluding hydrogens is 159 g/mol. The molecule has 3 nitrogen and oxygen atoms in total. The molecule has 0 bridgehead atoms. The van der Waals surface area contributed by atoms with Crippen LogP contribution in [0.2, 0.25) is 0 Å². The van der Waals surface area contributed by atoms with Crippen LogP contribution in [0.3, 0.4) is 0 Å². The SMILES string of the molecule is O=c1[nH]c(CCl)ncc1F. The average Bonchev–Trinajstić information content (AvgIpc) is 1.95. The minimum absolute atomic E-state index is 0.0789. The van der Waals surface area contributed by atoms with Crippen LogP contribution in [0.5, 0.6) is 0 Å². The van der Waals surface area contributed by atoms with E-state index in [1.807, 2.05) is 0 Å². The van der Waals surface area contributed by atoms with Gasteiger partial charge in [-0.2, -0.15) is 4.39 Å². The van der Waals surface area contributed by atoms with Crippen molar-refractivity contribution in [3.63, 3.8) is 0 Å². The molecule has 0 saturated carbocycles. The lowest BCUT2D eigenvalue weighted by Crippen LogP contribution is -2.13. The van der Waals surface area contributed by atoms with Crippen LogP contribution in [0.4, 0.5) is 4.39 Å². The lowest BCUT2D eigenvalue weighted by Gasteiger charge is -1.91. The molecule has 0 unspecified atom stereocenters. The van der Waals surface area contributed by atoms with Crippen LogP contribution in [-0.4, -0.2) is 9.97 Å². The summed E-state index contributed by atoms with van der Waals surface area (Å²) in [4.78, 5) is 16.1. The molecule has 0 aliphatic carbocycles. The number of nitrogens with zero attached hydrogens (tertiary/aromatic N) is 1. The minimum Gasteiger partial charge on any atom is -0.307 e. The molecule has 0 aromatic carbocycles. The molecule has 0 aliphatic heterocycles. The van der Waals surface area contributed by atoms with Crippen molar-refractivity contribution in [2.24, 2.45) is 0 Å². The van der Waals surface area contributed by atoms with Crippen molar-refractivity contribution >= 4 is 11.6 Å². The van der Waals surface area contributed by atoms with Crippen molar-refractivity contribution in [3.8, 4) is 0 Å². The van der Waals surface area contributed by atoms with Crippen LogP contribution in [0.1, 0.15) is 5.82 Å². The number of aromatic amines is 1. The highest BCUT2D eigenvalue weighted by Crippen LogP contribution is 1.91. The van der Waals surface area contributed by atoms with E-state index in [0.717, 1.165) is 6.20 Å². The summed E-state index contributed by atoms with van der Waals surface area (Å²) in [5, 5.41) is 0. The van der Waals surface area contributed by atoms with Crippen molar-refractivity contribution in [1.82, 2.24) is 9.97 Å². The highest BCUT2D eigenvalue weighted by molar-refractivity contribution is 6.16. The van der Waals surface area contributed by atoms with Crippen molar-refractivity contribution in [3.05, 3.63) is 28.2 Å². The van der Waals surface area contributed by atoms with Gasteiger partial charge in [-0.15, -0.1) is 11.6 Å². The normalized spacial score (nSPS) is 9.80. The van der Waals surface area contributed by atoms with E-state index in [1.165, 1.54) is 0 Å². The van der Waals surface area contributed by atoms with E-state index in [-0.39, 0.29) is 11.7 Å². The van der Waals surface area contributed by atoms with Crippen LogP contribution in [0.15, 0.2) is 11.0 Å². The Morgan fingerprint density at radius 1 is 1.80 bits per heavy atom. The number of nitrogens with one attached hydrogen (secondary N) is 1. The minimum atomic E-state index is -0.895. The highest BCUT2D eigenvalue weighted by Gasteiger charge is 1.98. The maximum Gasteiger partial charge on any atom is 0.286 e. The van der Waals surface area contributed by atoms with E-state index in [4.69, 9.17) is 11.6 Å².